The van der Waals surface area contributed by atoms with E-state index in [1.165, 1.54) is 42.5 Å². The van der Waals surface area contributed by atoms with Crippen LogP contribution in [-0.2, 0) is 10.0 Å². The third kappa shape index (κ3) is 5.93. The summed E-state index contributed by atoms with van der Waals surface area (Å²) >= 11 is 1.51. The summed E-state index contributed by atoms with van der Waals surface area (Å²) in [5.74, 6) is -2.79. The molecule has 0 aliphatic carbocycles. The minimum absolute atomic E-state index is 0.0412. The minimum Gasteiger partial charge on any atom is -0.298 e. The summed E-state index contributed by atoms with van der Waals surface area (Å²) in [6, 6.07) is 8.11. The van der Waals surface area contributed by atoms with Gasteiger partial charge < -0.3 is 0 Å². The molecule has 0 aliphatic heterocycles. The van der Waals surface area contributed by atoms with Gasteiger partial charge in [-0.15, -0.1) is 24.5 Å². The quantitative estimate of drug-likeness (QED) is 0.280. The highest BCUT2D eigenvalue weighted by atomic mass is 32.2. The van der Waals surface area contributed by atoms with E-state index < -0.39 is 32.8 Å². The number of Topliss-reactive ketones (excluding diaryl/α,β-unsaturated/α-hetero) is 1. The van der Waals surface area contributed by atoms with Crippen molar-refractivity contribution in [1.82, 2.24) is 9.29 Å². The fraction of sp³-hybridized carbons (Fsp3) is 0.136. The molecule has 2 heterocycles. The maximum absolute atomic E-state index is 13.1. The number of alkyl halides is 3. The lowest BCUT2D eigenvalue weighted by atomic mass is 10.2. The number of thiophene rings is 1. The van der Waals surface area contributed by atoms with E-state index in [9.17, 15) is 31.2 Å². The number of amides is 1. The van der Waals surface area contributed by atoms with E-state index in [4.69, 9.17) is 0 Å². The van der Waals surface area contributed by atoms with Crippen LogP contribution >= 0.6 is 22.7 Å². The molecule has 0 radical (unpaired) electrons. The highest BCUT2D eigenvalue weighted by Crippen LogP contribution is 2.37. The largest absolute Gasteiger partial charge is 0.455 e. The van der Waals surface area contributed by atoms with Crippen LogP contribution < -0.4 is 5.32 Å². The first-order valence-electron chi connectivity index (χ1n) is 9.78. The Kier molecular flexibility index (Phi) is 8.05. The van der Waals surface area contributed by atoms with Crippen molar-refractivity contribution in [3.63, 3.8) is 0 Å². The number of thiazole rings is 1. The third-order valence-electron chi connectivity index (χ3n) is 4.49. The van der Waals surface area contributed by atoms with E-state index in [2.05, 4.69) is 23.5 Å². The Morgan fingerprint density at radius 2 is 1.71 bits per heavy atom. The highest BCUT2D eigenvalue weighted by molar-refractivity contribution is 7.89. The molecule has 3 aromatic rings. The fourth-order valence-corrected chi connectivity index (χ4v) is 5.99. The normalized spacial score (nSPS) is 11.9. The van der Waals surface area contributed by atoms with E-state index >= 15 is 0 Å². The number of hydrogen-bond donors (Lipinski definition) is 1. The molecule has 1 amide bonds. The summed E-state index contributed by atoms with van der Waals surface area (Å²) in [6.07, 6.45) is -2.25. The van der Waals surface area contributed by atoms with Crippen molar-refractivity contribution in [2.75, 3.05) is 18.4 Å². The second kappa shape index (κ2) is 10.6. The molecule has 184 valence electrons. The lowest BCUT2D eigenvalue weighted by Gasteiger charge is -2.19. The van der Waals surface area contributed by atoms with Gasteiger partial charge in [-0.1, -0.05) is 29.6 Å². The van der Waals surface area contributed by atoms with Gasteiger partial charge in [-0.25, -0.2) is 13.4 Å². The second-order valence-corrected chi connectivity index (χ2v) is 10.8. The average molecular weight is 542 g/mol. The van der Waals surface area contributed by atoms with Crippen molar-refractivity contribution in [2.45, 2.75) is 11.1 Å². The van der Waals surface area contributed by atoms with Crippen LogP contribution in [0.3, 0.4) is 0 Å². The maximum atomic E-state index is 13.1. The van der Waals surface area contributed by atoms with E-state index in [0.717, 1.165) is 15.6 Å². The number of ketones is 1. The molecule has 0 saturated heterocycles. The Morgan fingerprint density at radius 1 is 1.09 bits per heavy atom. The van der Waals surface area contributed by atoms with E-state index in [1.807, 2.05) is 0 Å². The van der Waals surface area contributed by atoms with Gasteiger partial charge in [-0.2, -0.15) is 17.5 Å². The molecule has 0 spiro atoms. The van der Waals surface area contributed by atoms with Crippen LogP contribution in [0.2, 0.25) is 0 Å². The Labute approximate surface area is 207 Å². The predicted molar refractivity (Wildman–Crippen MR) is 129 cm³/mol. The first kappa shape index (κ1) is 26.5. The Balaban J connectivity index is 1.86. The second-order valence-electron chi connectivity index (χ2n) is 6.88. The molecule has 35 heavy (non-hydrogen) atoms. The zero-order valence-electron chi connectivity index (χ0n) is 17.9. The average Bonchev–Trinajstić information content (AvgIpc) is 3.48. The predicted octanol–water partition coefficient (Wildman–Crippen LogP) is 5.23. The van der Waals surface area contributed by atoms with Crippen molar-refractivity contribution in [3.8, 4) is 10.6 Å². The zero-order valence-corrected chi connectivity index (χ0v) is 20.4. The van der Waals surface area contributed by atoms with Gasteiger partial charge >= 0.3 is 6.18 Å². The van der Waals surface area contributed by atoms with Crippen LogP contribution in [0.5, 0.6) is 0 Å². The maximum Gasteiger partial charge on any atom is 0.455 e. The van der Waals surface area contributed by atoms with Crippen molar-refractivity contribution in [2.24, 2.45) is 0 Å². The lowest BCUT2D eigenvalue weighted by molar-refractivity contribution is -0.0882. The van der Waals surface area contributed by atoms with Crippen molar-refractivity contribution in [3.05, 3.63) is 77.5 Å². The molecule has 0 atom stereocenters. The van der Waals surface area contributed by atoms with Gasteiger partial charge in [-0.3, -0.25) is 14.9 Å². The van der Waals surface area contributed by atoms with Crippen molar-refractivity contribution in [1.29, 1.82) is 0 Å². The van der Waals surface area contributed by atoms with Gasteiger partial charge in [0, 0.05) is 18.7 Å². The summed E-state index contributed by atoms with van der Waals surface area (Å²) in [5.41, 5.74) is -0.131. The lowest BCUT2D eigenvalue weighted by Crippen LogP contribution is -2.31. The number of aromatic nitrogens is 1. The summed E-state index contributed by atoms with van der Waals surface area (Å²) in [4.78, 5) is 28.2. The minimum atomic E-state index is -5.10. The van der Waals surface area contributed by atoms with Gasteiger partial charge in [-0.05, 0) is 35.7 Å². The molecule has 7 nitrogen and oxygen atoms in total. The van der Waals surface area contributed by atoms with Crippen LogP contribution in [0.1, 0.15) is 20.0 Å². The molecule has 0 bridgehead atoms. The fourth-order valence-electron chi connectivity index (χ4n) is 2.89. The number of nitrogens with one attached hydrogen (secondary N) is 1. The summed E-state index contributed by atoms with van der Waals surface area (Å²) < 4.78 is 65.9. The van der Waals surface area contributed by atoms with Crippen LogP contribution in [0.4, 0.5) is 18.3 Å². The van der Waals surface area contributed by atoms with Gasteiger partial charge in [0.1, 0.15) is 10.6 Å². The smallest absolute Gasteiger partial charge is 0.298 e. The van der Waals surface area contributed by atoms with Crippen LogP contribution in [0, 0.1) is 0 Å². The Bertz CT molecular complexity index is 1340. The standard InChI is InChI=1S/C22H18F3N3O4S3/c1-3-11-28(12-4-2)35(31,32)15-9-7-14(8-10-15)20(30)27-21-26-17(16-6-5-13-33-16)18(34-21)19(29)22(23,24)25/h3-10,13H,1-2,11-12H2,(H,26,27,30). The molecular weight excluding hydrogens is 523 g/mol. The number of hydrogen-bond acceptors (Lipinski definition) is 7. The summed E-state index contributed by atoms with van der Waals surface area (Å²) in [7, 11) is -3.87. The molecule has 1 aromatic carbocycles. The molecule has 3 rings (SSSR count). The highest BCUT2D eigenvalue weighted by Gasteiger charge is 2.42. The number of rotatable bonds is 10. The molecule has 0 saturated carbocycles. The molecule has 2 aromatic heterocycles. The summed E-state index contributed by atoms with van der Waals surface area (Å²) in [5, 5.41) is 3.79. The SMILES string of the molecule is C=CCN(CC=C)S(=O)(=O)c1ccc(C(=O)Nc2nc(-c3cccs3)c(C(=O)C(F)(F)F)s2)cc1. The van der Waals surface area contributed by atoms with Gasteiger partial charge in [0.05, 0.1) is 9.77 Å². The first-order chi connectivity index (χ1) is 16.5. The van der Waals surface area contributed by atoms with E-state index in [0.29, 0.717) is 16.2 Å². The van der Waals surface area contributed by atoms with Gasteiger partial charge in [0.15, 0.2) is 5.13 Å². The van der Waals surface area contributed by atoms with E-state index in [-0.39, 0.29) is 34.4 Å². The number of carbonyl (C=O) groups excluding carboxylic acids is 2. The van der Waals surface area contributed by atoms with Gasteiger partial charge in [0.25, 0.3) is 11.7 Å². The number of benzene rings is 1. The molecule has 0 fully saturated rings. The molecule has 13 heteroatoms. The van der Waals surface area contributed by atoms with Gasteiger partial charge in [0.2, 0.25) is 10.0 Å². The number of anilines is 1. The molecule has 0 aliphatic rings. The monoisotopic (exact) mass is 541 g/mol. The Morgan fingerprint density at radius 3 is 2.23 bits per heavy atom. The Hall–Kier alpha value is -3.13. The molecule has 1 N–H and O–H groups in total. The number of sulfonamides is 1. The van der Waals surface area contributed by atoms with Crippen LogP contribution in [0.15, 0.2) is 72.0 Å². The number of halogens is 3. The van der Waals surface area contributed by atoms with Crippen LogP contribution in [0.25, 0.3) is 10.6 Å². The summed E-state index contributed by atoms with van der Waals surface area (Å²) in [6.45, 7) is 7.19. The zero-order chi connectivity index (χ0) is 25.8. The third-order valence-corrected chi connectivity index (χ3v) is 8.18. The number of nitrogens with zero attached hydrogens (tertiary/aromatic N) is 2. The molecular formula is C22H18F3N3O4S3. The van der Waals surface area contributed by atoms with Crippen molar-refractivity contribution >= 4 is 49.5 Å². The van der Waals surface area contributed by atoms with Crippen LogP contribution in [-0.4, -0.2) is 48.7 Å². The first-order valence-corrected chi connectivity index (χ1v) is 12.9. The molecule has 0 unspecified atom stereocenters. The number of carbonyl (C=O) groups is 2. The van der Waals surface area contributed by atoms with Crippen molar-refractivity contribution < 1.29 is 31.2 Å². The topological polar surface area (TPSA) is 96.4 Å². The van der Waals surface area contributed by atoms with E-state index in [1.54, 1.807) is 11.4 Å².